The van der Waals surface area contributed by atoms with Crippen LogP contribution in [0.4, 0.5) is 0 Å². The Bertz CT molecular complexity index is 1120. The summed E-state index contributed by atoms with van der Waals surface area (Å²) >= 11 is 1.34. The standard InChI is InChI=1S/C20H26N4O6S/c1-9-7-24(19(27)23-17(9)25)12-8-28-13(15-14(12)29-20(4,5)30-15)6-21-18(26)16-10(2)22-11(3)31-16/h7,12-15H,6,8H2,1-5H3,(H,21,26)(H,23,25,27)/t12-,13-,14+,15-/m1/s1. The van der Waals surface area contributed by atoms with Crippen LogP contribution in [-0.2, 0) is 14.2 Å². The molecule has 2 aromatic rings. The molecule has 2 aliphatic rings. The summed E-state index contributed by atoms with van der Waals surface area (Å²) in [5.74, 6) is -1.09. The van der Waals surface area contributed by atoms with Gasteiger partial charge >= 0.3 is 5.69 Å². The average Bonchev–Trinajstić information content (AvgIpc) is 3.20. The Morgan fingerprint density at radius 2 is 2.00 bits per heavy atom. The maximum absolute atomic E-state index is 12.6. The zero-order valence-corrected chi connectivity index (χ0v) is 18.9. The highest BCUT2D eigenvalue weighted by Gasteiger charge is 2.52. The van der Waals surface area contributed by atoms with Crippen LogP contribution in [0.3, 0.4) is 0 Å². The molecule has 31 heavy (non-hydrogen) atoms. The molecule has 4 heterocycles. The molecule has 0 aliphatic carbocycles. The van der Waals surface area contributed by atoms with Gasteiger partial charge in [-0.25, -0.2) is 9.78 Å². The average molecular weight is 451 g/mol. The van der Waals surface area contributed by atoms with Crippen LogP contribution >= 0.6 is 11.3 Å². The topological polar surface area (TPSA) is 125 Å². The molecule has 0 spiro atoms. The number of fused-ring (bicyclic) bond motifs is 1. The van der Waals surface area contributed by atoms with E-state index in [4.69, 9.17) is 14.2 Å². The number of aromatic amines is 1. The van der Waals surface area contributed by atoms with Crippen molar-refractivity contribution in [1.29, 1.82) is 0 Å². The number of carbonyl (C=O) groups excluding carboxylic acids is 1. The summed E-state index contributed by atoms with van der Waals surface area (Å²) in [4.78, 5) is 43.9. The summed E-state index contributed by atoms with van der Waals surface area (Å²) < 4.78 is 19.6. The van der Waals surface area contributed by atoms with Gasteiger partial charge in [-0.05, 0) is 34.6 Å². The van der Waals surface area contributed by atoms with E-state index < -0.39 is 41.4 Å². The third-order valence-corrected chi connectivity index (χ3v) is 6.54. The molecule has 0 aromatic carbocycles. The van der Waals surface area contributed by atoms with E-state index in [1.54, 1.807) is 27.7 Å². The molecule has 10 nitrogen and oxygen atoms in total. The molecule has 0 bridgehead atoms. The molecule has 2 aromatic heterocycles. The zero-order valence-electron chi connectivity index (χ0n) is 18.1. The molecular weight excluding hydrogens is 424 g/mol. The van der Waals surface area contributed by atoms with Crippen LogP contribution in [-0.4, -0.2) is 57.7 Å². The maximum Gasteiger partial charge on any atom is 0.328 e. The number of nitrogens with one attached hydrogen (secondary N) is 2. The number of hydrogen-bond donors (Lipinski definition) is 2. The second kappa shape index (κ2) is 7.97. The van der Waals surface area contributed by atoms with Crippen LogP contribution in [0.1, 0.15) is 45.8 Å². The SMILES string of the molecule is Cc1nc(C)c(C(=O)NC[C@H]2OC[C@@H](n3cc(C)c(=O)[nH]c3=O)[C@@H]3OC(C)(C)O[C@@H]32)s1. The van der Waals surface area contributed by atoms with Gasteiger partial charge in [0, 0.05) is 18.3 Å². The van der Waals surface area contributed by atoms with Crippen LogP contribution in [0.2, 0.25) is 0 Å². The van der Waals surface area contributed by atoms with E-state index in [-0.39, 0.29) is 19.1 Å². The van der Waals surface area contributed by atoms with E-state index in [1.165, 1.54) is 22.1 Å². The molecule has 4 rings (SSSR count). The van der Waals surface area contributed by atoms with E-state index in [2.05, 4.69) is 15.3 Å². The molecule has 4 atom stereocenters. The summed E-state index contributed by atoms with van der Waals surface area (Å²) in [6, 6.07) is -0.479. The largest absolute Gasteiger partial charge is 0.371 e. The number of ether oxygens (including phenoxy) is 3. The van der Waals surface area contributed by atoms with Crippen molar-refractivity contribution in [2.24, 2.45) is 0 Å². The monoisotopic (exact) mass is 450 g/mol. The van der Waals surface area contributed by atoms with Crippen LogP contribution in [0.15, 0.2) is 15.8 Å². The summed E-state index contributed by atoms with van der Waals surface area (Å²) in [5.41, 5.74) is 0.155. The Balaban J connectivity index is 1.54. The Morgan fingerprint density at radius 3 is 2.68 bits per heavy atom. The van der Waals surface area contributed by atoms with Gasteiger partial charge < -0.3 is 19.5 Å². The van der Waals surface area contributed by atoms with Gasteiger partial charge in [-0.15, -0.1) is 11.3 Å². The fourth-order valence-corrected chi connectivity index (χ4v) is 4.91. The van der Waals surface area contributed by atoms with Gasteiger partial charge in [0.25, 0.3) is 11.5 Å². The second-order valence-electron chi connectivity index (χ2n) is 8.34. The van der Waals surface area contributed by atoms with Crippen LogP contribution in [0.5, 0.6) is 0 Å². The fourth-order valence-electron chi connectivity index (χ4n) is 4.08. The van der Waals surface area contributed by atoms with Crippen LogP contribution < -0.4 is 16.6 Å². The second-order valence-corrected chi connectivity index (χ2v) is 9.54. The Labute approximate surface area is 182 Å². The Hall–Kier alpha value is -2.34. The van der Waals surface area contributed by atoms with E-state index in [0.29, 0.717) is 16.1 Å². The predicted octanol–water partition coefficient (Wildman–Crippen LogP) is 0.808. The molecule has 0 saturated carbocycles. The van der Waals surface area contributed by atoms with Gasteiger partial charge in [0.15, 0.2) is 5.79 Å². The lowest BCUT2D eigenvalue weighted by atomic mass is 9.97. The number of aromatic nitrogens is 3. The van der Waals surface area contributed by atoms with E-state index in [0.717, 1.165) is 5.01 Å². The smallest absolute Gasteiger partial charge is 0.328 e. The summed E-state index contributed by atoms with van der Waals surface area (Å²) in [5, 5.41) is 3.73. The van der Waals surface area contributed by atoms with Crippen molar-refractivity contribution >= 4 is 17.2 Å². The van der Waals surface area contributed by atoms with Crippen molar-refractivity contribution in [2.75, 3.05) is 13.2 Å². The van der Waals surface area contributed by atoms with Crippen LogP contribution in [0.25, 0.3) is 0 Å². The lowest BCUT2D eigenvalue weighted by Crippen LogP contribution is -2.54. The van der Waals surface area contributed by atoms with Crippen molar-refractivity contribution in [3.63, 3.8) is 0 Å². The lowest BCUT2D eigenvalue weighted by molar-refractivity contribution is -0.153. The lowest BCUT2D eigenvalue weighted by Gasteiger charge is -2.37. The number of aryl methyl sites for hydroxylation is 3. The van der Waals surface area contributed by atoms with E-state index >= 15 is 0 Å². The molecule has 0 unspecified atom stereocenters. The number of thiazole rings is 1. The molecule has 0 radical (unpaired) electrons. The minimum absolute atomic E-state index is 0.172. The first-order chi connectivity index (χ1) is 14.6. The van der Waals surface area contributed by atoms with Gasteiger partial charge in [0.2, 0.25) is 0 Å². The van der Waals surface area contributed by atoms with Crippen molar-refractivity contribution in [1.82, 2.24) is 19.9 Å². The molecule has 1 amide bonds. The highest BCUT2D eigenvalue weighted by Crippen LogP contribution is 2.39. The molecule has 2 N–H and O–H groups in total. The van der Waals surface area contributed by atoms with E-state index in [1.807, 2.05) is 6.92 Å². The molecule has 168 valence electrons. The van der Waals surface area contributed by atoms with Gasteiger partial charge in [-0.1, -0.05) is 0 Å². The first-order valence-corrected chi connectivity index (χ1v) is 10.9. The maximum atomic E-state index is 12.6. The predicted molar refractivity (Wildman–Crippen MR) is 113 cm³/mol. The van der Waals surface area contributed by atoms with Gasteiger partial charge in [-0.3, -0.25) is 19.1 Å². The van der Waals surface area contributed by atoms with E-state index in [9.17, 15) is 14.4 Å². The zero-order chi connectivity index (χ0) is 22.5. The van der Waals surface area contributed by atoms with Gasteiger partial charge in [-0.2, -0.15) is 0 Å². The Morgan fingerprint density at radius 1 is 1.29 bits per heavy atom. The molecule has 2 aliphatic heterocycles. The third kappa shape index (κ3) is 4.22. The Kier molecular flexibility index (Phi) is 5.63. The number of rotatable bonds is 4. The number of nitrogens with zero attached hydrogens (tertiary/aromatic N) is 2. The molecular formula is C20H26N4O6S. The van der Waals surface area contributed by atoms with Gasteiger partial charge in [0.05, 0.1) is 23.4 Å². The van der Waals surface area contributed by atoms with Crippen molar-refractivity contribution in [3.05, 3.63) is 48.2 Å². The number of carbonyl (C=O) groups is 1. The van der Waals surface area contributed by atoms with Gasteiger partial charge in [0.1, 0.15) is 23.2 Å². The normalized spacial score (nSPS) is 27.1. The first kappa shape index (κ1) is 21.9. The highest BCUT2D eigenvalue weighted by atomic mass is 32.1. The van der Waals surface area contributed by atoms with Crippen molar-refractivity contribution in [2.45, 2.75) is 64.8 Å². The summed E-state index contributed by atoms with van der Waals surface area (Å²) in [6.45, 7) is 9.28. The molecule has 11 heteroatoms. The summed E-state index contributed by atoms with van der Waals surface area (Å²) in [7, 11) is 0. The minimum atomic E-state index is -0.879. The summed E-state index contributed by atoms with van der Waals surface area (Å²) in [6.07, 6.45) is 0.0668. The van der Waals surface area contributed by atoms with Crippen molar-refractivity contribution < 1.29 is 19.0 Å². The molecule has 2 fully saturated rings. The first-order valence-electron chi connectivity index (χ1n) is 10.1. The molecule has 2 saturated heterocycles. The fraction of sp³-hybridized carbons (Fsp3) is 0.600. The number of amides is 1. The number of hydrogen-bond acceptors (Lipinski definition) is 8. The van der Waals surface area contributed by atoms with Crippen molar-refractivity contribution in [3.8, 4) is 0 Å². The highest BCUT2D eigenvalue weighted by molar-refractivity contribution is 7.13. The quantitative estimate of drug-likeness (QED) is 0.706. The third-order valence-electron chi connectivity index (χ3n) is 5.47. The van der Waals surface area contributed by atoms with Crippen LogP contribution in [0, 0.1) is 20.8 Å². The number of H-pyrrole nitrogens is 1. The minimum Gasteiger partial charge on any atom is -0.371 e.